The Morgan fingerprint density at radius 3 is 2.50 bits per heavy atom. The van der Waals surface area contributed by atoms with Crippen molar-refractivity contribution in [3.05, 3.63) is 29.6 Å². The Morgan fingerprint density at radius 2 is 1.94 bits per heavy atom. The van der Waals surface area contributed by atoms with Crippen LogP contribution >= 0.6 is 0 Å². The summed E-state index contributed by atoms with van der Waals surface area (Å²) >= 11 is 0. The molecule has 0 saturated heterocycles. The topological polar surface area (TPSA) is 52.5 Å². The number of aliphatic hydroxyl groups excluding tert-OH is 2. The van der Waals surface area contributed by atoms with Gasteiger partial charge in [0, 0.05) is 12.0 Å². The summed E-state index contributed by atoms with van der Waals surface area (Å²) in [6.45, 7) is 3.63. The molecule has 0 aliphatic heterocycles. The van der Waals surface area contributed by atoms with Crippen molar-refractivity contribution >= 4 is 5.69 Å². The van der Waals surface area contributed by atoms with Gasteiger partial charge in [-0.1, -0.05) is 13.0 Å². The van der Waals surface area contributed by atoms with Gasteiger partial charge in [0.05, 0.1) is 18.9 Å². The summed E-state index contributed by atoms with van der Waals surface area (Å²) in [5, 5.41) is 21.1. The minimum Gasteiger partial charge on any atom is -0.396 e. The summed E-state index contributed by atoms with van der Waals surface area (Å²) in [5.41, 5.74) is 0.711. The van der Waals surface area contributed by atoms with E-state index in [2.05, 4.69) is 5.32 Å². The Balaban J connectivity index is 2.70. The van der Waals surface area contributed by atoms with Crippen LogP contribution in [0.5, 0.6) is 0 Å². The van der Waals surface area contributed by atoms with Crippen LogP contribution in [-0.4, -0.2) is 30.0 Å². The number of aliphatic hydroxyl groups is 2. The van der Waals surface area contributed by atoms with Crippen molar-refractivity contribution in [2.24, 2.45) is 5.41 Å². The number of hydrogen-bond donors (Lipinski definition) is 3. The first-order chi connectivity index (χ1) is 7.50. The lowest BCUT2D eigenvalue weighted by atomic mass is 9.93. The summed E-state index contributed by atoms with van der Waals surface area (Å²) in [6, 6.07) is 4.79. The second-order valence-electron chi connectivity index (χ2n) is 4.46. The van der Waals surface area contributed by atoms with E-state index in [0.29, 0.717) is 12.2 Å². The smallest absolute Gasteiger partial charge is 0.146 e. The van der Waals surface area contributed by atoms with E-state index >= 15 is 0 Å². The average Bonchev–Trinajstić information content (AvgIpc) is 2.30. The second kappa shape index (κ2) is 5.27. The van der Waals surface area contributed by atoms with Crippen LogP contribution in [0.2, 0.25) is 0 Å². The molecule has 0 unspecified atom stereocenters. The minimum absolute atomic E-state index is 0.149. The molecule has 0 spiro atoms. The Morgan fingerprint density at radius 1 is 1.31 bits per heavy atom. The summed E-state index contributed by atoms with van der Waals surface area (Å²) in [7, 11) is 0. The molecule has 0 aliphatic carbocycles. The summed E-state index contributed by atoms with van der Waals surface area (Å²) < 4.78 is 13.4. The van der Waals surface area contributed by atoms with Crippen molar-refractivity contribution in [2.45, 2.75) is 13.8 Å². The SMILES string of the molecule is Cc1ccc(F)c(NCC(C)(CO)CO)c1. The first-order valence-corrected chi connectivity index (χ1v) is 5.22. The van der Waals surface area contributed by atoms with E-state index in [1.54, 1.807) is 19.1 Å². The largest absolute Gasteiger partial charge is 0.396 e. The predicted molar refractivity (Wildman–Crippen MR) is 61.9 cm³/mol. The van der Waals surface area contributed by atoms with E-state index in [-0.39, 0.29) is 19.0 Å². The lowest BCUT2D eigenvalue weighted by molar-refractivity contribution is 0.0806. The summed E-state index contributed by atoms with van der Waals surface area (Å²) in [6.07, 6.45) is 0. The van der Waals surface area contributed by atoms with Gasteiger partial charge in [-0.15, -0.1) is 0 Å². The third-order valence-corrected chi connectivity index (χ3v) is 2.59. The van der Waals surface area contributed by atoms with E-state index in [1.807, 2.05) is 6.92 Å². The van der Waals surface area contributed by atoms with Gasteiger partial charge in [0.25, 0.3) is 0 Å². The minimum atomic E-state index is -0.643. The van der Waals surface area contributed by atoms with Crippen molar-refractivity contribution in [2.75, 3.05) is 25.1 Å². The Hall–Kier alpha value is -1.13. The maximum Gasteiger partial charge on any atom is 0.146 e. The number of anilines is 1. The number of hydrogen-bond acceptors (Lipinski definition) is 3. The molecule has 90 valence electrons. The highest BCUT2D eigenvalue weighted by molar-refractivity contribution is 5.47. The van der Waals surface area contributed by atoms with Crippen LogP contribution < -0.4 is 5.32 Å². The fourth-order valence-electron chi connectivity index (χ4n) is 1.25. The molecule has 3 N–H and O–H groups in total. The van der Waals surface area contributed by atoms with Gasteiger partial charge in [0.1, 0.15) is 5.82 Å². The summed E-state index contributed by atoms with van der Waals surface area (Å²) in [4.78, 5) is 0. The first-order valence-electron chi connectivity index (χ1n) is 5.22. The van der Waals surface area contributed by atoms with Gasteiger partial charge in [-0.2, -0.15) is 0 Å². The zero-order valence-corrected chi connectivity index (χ0v) is 9.63. The lowest BCUT2D eigenvalue weighted by Crippen LogP contribution is -2.34. The number of benzene rings is 1. The van der Waals surface area contributed by atoms with Gasteiger partial charge in [-0.3, -0.25) is 0 Å². The van der Waals surface area contributed by atoms with Crippen LogP contribution in [0.4, 0.5) is 10.1 Å². The quantitative estimate of drug-likeness (QED) is 0.715. The average molecular weight is 227 g/mol. The molecule has 0 aromatic heterocycles. The number of aryl methyl sites for hydroxylation is 1. The Labute approximate surface area is 94.9 Å². The highest BCUT2D eigenvalue weighted by Gasteiger charge is 2.22. The number of halogens is 1. The fraction of sp³-hybridized carbons (Fsp3) is 0.500. The molecule has 0 radical (unpaired) electrons. The zero-order chi connectivity index (χ0) is 12.2. The molecule has 0 aliphatic rings. The molecule has 0 bridgehead atoms. The Kier molecular flexibility index (Phi) is 4.26. The van der Waals surface area contributed by atoms with E-state index in [9.17, 15) is 4.39 Å². The first kappa shape index (κ1) is 12.9. The van der Waals surface area contributed by atoms with E-state index < -0.39 is 5.41 Å². The molecule has 1 aromatic rings. The van der Waals surface area contributed by atoms with Gasteiger partial charge in [-0.25, -0.2) is 4.39 Å². The standard InChI is InChI=1S/C12H18FNO2/c1-9-3-4-10(13)11(5-9)14-6-12(2,7-15)8-16/h3-5,14-16H,6-8H2,1-2H3. The van der Waals surface area contributed by atoms with Gasteiger partial charge >= 0.3 is 0 Å². The Bertz CT molecular complexity index is 351. The van der Waals surface area contributed by atoms with Gasteiger partial charge in [0.2, 0.25) is 0 Å². The highest BCUT2D eigenvalue weighted by atomic mass is 19.1. The van der Waals surface area contributed by atoms with Gasteiger partial charge in [-0.05, 0) is 24.6 Å². The number of rotatable bonds is 5. The molecule has 3 nitrogen and oxygen atoms in total. The van der Waals surface area contributed by atoms with Crippen LogP contribution in [-0.2, 0) is 0 Å². The molecule has 0 heterocycles. The normalized spacial score (nSPS) is 11.6. The van der Waals surface area contributed by atoms with Crippen LogP contribution in [0.15, 0.2) is 18.2 Å². The predicted octanol–water partition coefficient (Wildman–Crippen LogP) is 1.54. The van der Waals surface area contributed by atoms with E-state index in [1.165, 1.54) is 6.07 Å². The molecule has 0 saturated carbocycles. The van der Waals surface area contributed by atoms with Gasteiger partial charge < -0.3 is 15.5 Å². The van der Waals surface area contributed by atoms with Gasteiger partial charge in [0.15, 0.2) is 0 Å². The maximum atomic E-state index is 13.4. The molecule has 16 heavy (non-hydrogen) atoms. The van der Waals surface area contributed by atoms with Crippen molar-refractivity contribution in [1.29, 1.82) is 0 Å². The third kappa shape index (κ3) is 3.18. The van der Waals surface area contributed by atoms with Crippen molar-refractivity contribution in [3.8, 4) is 0 Å². The molecule has 1 aromatic carbocycles. The third-order valence-electron chi connectivity index (χ3n) is 2.59. The van der Waals surface area contributed by atoms with Crippen LogP contribution in [0.3, 0.4) is 0 Å². The number of nitrogens with one attached hydrogen (secondary N) is 1. The van der Waals surface area contributed by atoms with Crippen molar-refractivity contribution < 1.29 is 14.6 Å². The molecule has 0 amide bonds. The van der Waals surface area contributed by atoms with E-state index in [0.717, 1.165) is 5.56 Å². The van der Waals surface area contributed by atoms with Crippen LogP contribution in [0.25, 0.3) is 0 Å². The highest BCUT2D eigenvalue weighted by Crippen LogP contribution is 2.19. The maximum absolute atomic E-state index is 13.4. The monoisotopic (exact) mass is 227 g/mol. The van der Waals surface area contributed by atoms with Crippen molar-refractivity contribution in [3.63, 3.8) is 0 Å². The second-order valence-corrected chi connectivity index (χ2v) is 4.46. The molecular formula is C12H18FNO2. The molecule has 0 fully saturated rings. The fourth-order valence-corrected chi connectivity index (χ4v) is 1.25. The van der Waals surface area contributed by atoms with Crippen LogP contribution in [0, 0.1) is 18.2 Å². The lowest BCUT2D eigenvalue weighted by Gasteiger charge is -2.25. The zero-order valence-electron chi connectivity index (χ0n) is 9.63. The van der Waals surface area contributed by atoms with Crippen molar-refractivity contribution in [1.82, 2.24) is 0 Å². The molecule has 1 rings (SSSR count). The van der Waals surface area contributed by atoms with E-state index in [4.69, 9.17) is 10.2 Å². The van der Waals surface area contributed by atoms with Crippen LogP contribution in [0.1, 0.15) is 12.5 Å². The molecular weight excluding hydrogens is 209 g/mol. The summed E-state index contributed by atoms with van der Waals surface area (Å²) in [5.74, 6) is -0.330. The molecule has 0 atom stereocenters. The molecule has 4 heteroatoms.